The van der Waals surface area contributed by atoms with E-state index in [1.54, 1.807) is 0 Å². The lowest BCUT2D eigenvalue weighted by atomic mass is 9.81. The number of halogens is 2. The summed E-state index contributed by atoms with van der Waals surface area (Å²) >= 11 is 0. The zero-order chi connectivity index (χ0) is 26.3. The van der Waals surface area contributed by atoms with Gasteiger partial charge >= 0.3 is 0 Å². The van der Waals surface area contributed by atoms with Gasteiger partial charge < -0.3 is 44.1 Å². The second kappa shape index (κ2) is 27.3. The largest absolute Gasteiger partial charge is 1.00 e. The summed E-state index contributed by atoms with van der Waals surface area (Å²) in [7, 11) is 0. The predicted molar refractivity (Wildman–Crippen MR) is 159 cm³/mol. The second-order valence-corrected chi connectivity index (χ2v) is 12.8. The lowest BCUT2D eigenvalue weighted by Crippen LogP contribution is -3.15. The van der Waals surface area contributed by atoms with Crippen LogP contribution >= 0.6 is 0 Å². The van der Waals surface area contributed by atoms with Crippen LogP contribution in [-0.2, 0) is 9.47 Å². The SMILES string of the molecule is CCCCCCCCCCOCC(CCCCCCOCCCCC)(C[NH+]1CCCC1)C[NH+]1CCCC1.[Cl-].[Cl-]. The van der Waals surface area contributed by atoms with Crippen LogP contribution in [0.4, 0.5) is 0 Å². The molecule has 2 saturated heterocycles. The number of likely N-dealkylation sites (tertiary alicyclic amines) is 2. The first-order valence-corrected chi connectivity index (χ1v) is 17.1. The highest BCUT2D eigenvalue weighted by Gasteiger charge is 2.40. The lowest BCUT2D eigenvalue weighted by molar-refractivity contribution is -0.920. The van der Waals surface area contributed by atoms with Crippen molar-refractivity contribution >= 4 is 0 Å². The number of ether oxygens (including phenoxy) is 2. The van der Waals surface area contributed by atoms with E-state index in [2.05, 4.69) is 13.8 Å². The Morgan fingerprint density at radius 1 is 0.487 bits per heavy atom. The molecule has 236 valence electrons. The minimum atomic E-state index is 0. The van der Waals surface area contributed by atoms with Crippen molar-refractivity contribution in [2.75, 3.05) is 65.7 Å². The summed E-state index contributed by atoms with van der Waals surface area (Å²) in [5.41, 5.74) is 0.385. The van der Waals surface area contributed by atoms with Crippen molar-refractivity contribution in [3.8, 4) is 0 Å². The molecule has 0 aromatic rings. The zero-order valence-corrected chi connectivity index (χ0v) is 27.8. The van der Waals surface area contributed by atoms with E-state index >= 15 is 0 Å². The van der Waals surface area contributed by atoms with E-state index in [1.807, 2.05) is 9.80 Å². The minimum absolute atomic E-state index is 0. The van der Waals surface area contributed by atoms with E-state index in [-0.39, 0.29) is 24.8 Å². The Hall–Kier alpha value is 0.420. The first-order chi connectivity index (χ1) is 18.3. The van der Waals surface area contributed by atoms with Gasteiger partial charge in [-0.2, -0.15) is 0 Å². The second-order valence-electron chi connectivity index (χ2n) is 12.8. The van der Waals surface area contributed by atoms with Gasteiger partial charge in [0.15, 0.2) is 0 Å². The van der Waals surface area contributed by atoms with Crippen molar-refractivity contribution in [3.63, 3.8) is 0 Å². The third kappa shape index (κ3) is 20.0. The van der Waals surface area contributed by atoms with Crippen molar-refractivity contribution in [2.45, 2.75) is 142 Å². The molecule has 0 radical (unpaired) electrons. The smallest absolute Gasteiger partial charge is 0.0914 e. The summed E-state index contributed by atoms with van der Waals surface area (Å²) in [5, 5.41) is 0. The molecule has 0 saturated carbocycles. The van der Waals surface area contributed by atoms with Crippen molar-refractivity contribution in [1.82, 2.24) is 0 Å². The number of nitrogens with one attached hydrogen (secondary N) is 2. The molecule has 0 unspecified atom stereocenters. The van der Waals surface area contributed by atoms with Crippen LogP contribution in [0.1, 0.15) is 142 Å². The molecular weight excluding hydrogens is 527 g/mol. The summed E-state index contributed by atoms with van der Waals surface area (Å²) < 4.78 is 12.4. The van der Waals surface area contributed by atoms with Gasteiger partial charge in [0.25, 0.3) is 0 Å². The lowest BCUT2D eigenvalue weighted by Gasteiger charge is -2.36. The fourth-order valence-electron chi connectivity index (χ4n) is 6.82. The van der Waals surface area contributed by atoms with Gasteiger partial charge in [-0.25, -0.2) is 0 Å². The Morgan fingerprint density at radius 3 is 1.38 bits per heavy atom. The quantitative estimate of drug-likeness (QED) is 0.134. The predicted octanol–water partition coefficient (Wildman–Crippen LogP) is -0.347. The average Bonchev–Trinajstić information content (AvgIpc) is 3.61. The molecule has 0 amide bonds. The molecule has 0 aromatic carbocycles. The highest BCUT2D eigenvalue weighted by molar-refractivity contribution is 4.79. The molecule has 2 rings (SSSR count). The maximum Gasteiger partial charge on any atom is 0.0914 e. The van der Waals surface area contributed by atoms with Crippen molar-refractivity contribution in [3.05, 3.63) is 0 Å². The van der Waals surface area contributed by atoms with Gasteiger partial charge in [0.1, 0.15) is 0 Å². The van der Waals surface area contributed by atoms with E-state index in [1.165, 1.54) is 168 Å². The molecule has 0 spiro atoms. The molecule has 0 atom stereocenters. The molecule has 2 N–H and O–H groups in total. The number of unbranched alkanes of at least 4 members (excludes halogenated alkanes) is 12. The standard InChI is InChI=1S/C33H66N2O2.2ClH/c1-3-5-7-8-9-10-12-21-29-37-32-33(30-34-23-15-16-24-34,31-35-25-17-18-26-35)22-14-11-13-20-28-36-27-19-6-4-2;;/h3-32H2,1-2H3;2*1H. The summed E-state index contributed by atoms with van der Waals surface area (Å²) in [6.45, 7) is 16.8. The molecule has 0 bridgehead atoms. The fourth-order valence-corrected chi connectivity index (χ4v) is 6.82. The number of hydrogen-bond acceptors (Lipinski definition) is 2. The van der Waals surface area contributed by atoms with Crippen LogP contribution in [0, 0.1) is 5.41 Å². The van der Waals surface area contributed by atoms with E-state index in [9.17, 15) is 0 Å². The molecule has 0 aliphatic carbocycles. The highest BCUT2D eigenvalue weighted by atomic mass is 35.5. The van der Waals surface area contributed by atoms with Crippen LogP contribution in [-0.4, -0.2) is 65.7 Å². The Labute approximate surface area is 256 Å². The average molecular weight is 596 g/mol. The Bertz CT molecular complexity index is 456. The summed E-state index contributed by atoms with van der Waals surface area (Å²) in [5.74, 6) is 0. The minimum Gasteiger partial charge on any atom is -1.00 e. The van der Waals surface area contributed by atoms with E-state index in [0.717, 1.165) is 26.4 Å². The van der Waals surface area contributed by atoms with Gasteiger partial charge in [-0.3, -0.25) is 0 Å². The molecule has 39 heavy (non-hydrogen) atoms. The highest BCUT2D eigenvalue weighted by Crippen LogP contribution is 2.25. The van der Waals surface area contributed by atoms with Gasteiger partial charge in [0.2, 0.25) is 0 Å². The third-order valence-corrected chi connectivity index (χ3v) is 9.06. The van der Waals surface area contributed by atoms with Crippen LogP contribution in [0.2, 0.25) is 0 Å². The molecule has 4 nitrogen and oxygen atoms in total. The third-order valence-electron chi connectivity index (χ3n) is 9.06. The molecular formula is C33H68Cl2N2O2. The molecule has 2 aliphatic heterocycles. The molecule has 2 fully saturated rings. The summed E-state index contributed by atoms with van der Waals surface area (Å²) in [6, 6.07) is 0. The van der Waals surface area contributed by atoms with Crippen LogP contribution in [0.15, 0.2) is 0 Å². The Kier molecular flexibility index (Phi) is 27.6. The van der Waals surface area contributed by atoms with Gasteiger partial charge in [0.05, 0.1) is 51.3 Å². The Balaban J connectivity index is 0.00000722. The Morgan fingerprint density at radius 2 is 0.872 bits per heavy atom. The van der Waals surface area contributed by atoms with Gasteiger partial charge in [0, 0.05) is 45.5 Å². The first kappa shape index (κ1) is 39.4. The van der Waals surface area contributed by atoms with Crippen molar-refractivity contribution in [2.24, 2.45) is 5.41 Å². The van der Waals surface area contributed by atoms with Crippen LogP contribution in [0.5, 0.6) is 0 Å². The first-order valence-electron chi connectivity index (χ1n) is 17.1. The fraction of sp³-hybridized carbons (Fsp3) is 1.00. The molecule has 2 aliphatic rings. The summed E-state index contributed by atoms with van der Waals surface area (Å²) in [4.78, 5) is 3.74. The molecule has 6 heteroatoms. The van der Waals surface area contributed by atoms with E-state index in [0.29, 0.717) is 5.41 Å². The molecule has 2 heterocycles. The van der Waals surface area contributed by atoms with E-state index < -0.39 is 0 Å². The maximum absolute atomic E-state index is 6.56. The van der Waals surface area contributed by atoms with E-state index in [4.69, 9.17) is 9.47 Å². The number of quaternary nitrogens is 2. The topological polar surface area (TPSA) is 27.3 Å². The molecule has 0 aromatic heterocycles. The zero-order valence-electron chi connectivity index (χ0n) is 26.3. The van der Waals surface area contributed by atoms with Crippen molar-refractivity contribution < 1.29 is 44.1 Å². The summed E-state index contributed by atoms with van der Waals surface area (Å²) in [6.07, 6.45) is 27.3. The van der Waals surface area contributed by atoms with Gasteiger partial charge in [-0.05, 0) is 25.7 Å². The van der Waals surface area contributed by atoms with Crippen LogP contribution in [0.3, 0.4) is 0 Å². The maximum atomic E-state index is 6.56. The monoisotopic (exact) mass is 594 g/mol. The number of hydrogen-bond donors (Lipinski definition) is 2. The van der Waals surface area contributed by atoms with Gasteiger partial charge in [-0.1, -0.05) is 90.9 Å². The normalized spacial score (nSPS) is 16.5. The van der Waals surface area contributed by atoms with Crippen molar-refractivity contribution in [1.29, 1.82) is 0 Å². The van der Waals surface area contributed by atoms with Gasteiger partial charge in [-0.15, -0.1) is 0 Å². The van der Waals surface area contributed by atoms with Crippen LogP contribution < -0.4 is 34.6 Å². The van der Waals surface area contributed by atoms with Crippen LogP contribution in [0.25, 0.3) is 0 Å². The number of rotatable bonds is 26.